The van der Waals surface area contributed by atoms with Crippen LogP contribution >= 0.6 is 23.4 Å². The highest BCUT2D eigenvalue weighted by molar-refractivity contribution is 8.18. The summed E-state index contributed by atoms with van der Waals surface area (Å²) in [5, 5.41) is 1.12. The molecule has 2 aliphatic rings. The summed E-state index contributed by atoms with van der Waals surface area (Å²) in [6, 6.07) is 10.8. The summed E-state index contributed by atoms with van der Waals surface area (Å²) < 4.78 is 15.9. The molecule has 0 spiro atoms. The van der Waals surface area contributed by atoms with E-state index < -0.39 is 0 Å². The highest BCUT2D eigenvalue weighted by Crippen LogP contribution is 2.40. The first-order valence-corrected chi connectivity index (χ1v) is 9.81. The Hall–Kier alpha value is -2.64. The van der Waals surface area contributed by atoms with Crippen molar-refractivity contribution in [2.24, 2.45) is 4.99 Å². The number of hydrogen-bond donors (Lipinski definition) is 0. The van der Waals surface area contributed by atoms with Gasteiger partial charge in [0.1, 0.15) is 5.75 Å². The third kappa shape index (κ3) is 3.55. The molecule has 0 aliphatic carbocycles. The van der Waals surface area contributed by atoms with Gasteiger partial charge < -0.3 is 14.2 Å². The number of amidine groups is 1. The average Bonchev–Trinajstić information content (AvgIpc) is 3.26. The van der Waals surface area contributed by atoms with E-state index in [1.54, 1.807) is 30.2 Å². The van der Waals surface area contributed by atoms with Gasteiger partial charge in [0.2, 0.25) is 6.79 Å². The van der Waals surface area contributed by atoms with Gasteiger partial charge in [-0.25, -0.2) is 4.99 Å². The lowest BCUT2D eigenvalue weighted by Gasteiger charge is -2.12. The summed E-state index contributed by atoms with van der Waals surface area (Å²) in [6.45, 7) is 2.60. The van der Waals surface area contributed by atoms with Crippen LogP contribution in [0.15, 0.2) is 46.3 Å². The third-order valence-electron chi connectivity index (χ3n) is 4.28. The van der Waals surface area contributed by atoms with Gasteiger partial charge in [-0.3, -0.25) is 9.69 Å². The summed E-state index contributed by atoms with van der Waals surface area (Å²) in [5.74, 6) is 1.87. The molecule has 2 aromatic rings. The molecule has 0 saturated carbocycles. The van der Waals surface area contributed by atoms with Crippen molar-refractivity contribution >= 4 is 46.2 Å². The molecule has 1 fully saturated rings. The number of carbonyl (C=O) groups excluding carboxylic acids is 1. The summed E-state index contributed by atoms with van der Waals surface area (Å²) in [4.78, 5) is 19.6. The third-order valence-corrected chi connectivity index (χ3v) is 5.61. The predicted octanol–water partition coefficient (Wildman–Crippen LogP) is 4.70. The molecule has 0 atom stereocenters. The number of thioether (sulfide) groups is 1. The van der Waals surface area contributed by atoms with Crippen LogP contribution in [0.5, 0.6) is 17.2 Å². The normalized spacial score (nSPS) is 18.4. The molecule has 0 N–H and O–H groups in total. The van der Waals surface area contributed by atoms with Crippen LogP contribution in [0.25, 0.3) is 6.08 Å². The Kier molecular flexibility index (Phi) is 5.19. The lowest BCUT2D eigenvalue weighted by atomic mass is 10.2. The summed E-state index contributed by atoms with van der Waals surface area (Å²) in [7, 11) is 1.61. The maximum Gasteiger partial charge on any atom is 0.266 e. The molecule has 2 aromatic carbocycles. The number of methoxy groups -OCH3 is 1. The summed E-state index contributed by atoms with van der Waals surface area (Å²) >= 11 is 7.66. The molecule has 2 aliphatic heterocycles. The smallest absolute Gasteiger partial charge is 0.266 e. The lowest BCUT2D eigenvalue weighted by molar-refractivity contribution is -0.122. The number of ether oxygens (including phenoxy) is 3. The van der Waals surface area contributed by atoms with Crippen LogP contribution in [0.1, 0.15) is 12.5 Å². The topological polar surface area (TPSA) is 60.4 Å². The first-order valence-electron chi connectivity index (χ1n) is 8.62. The van der Waals surface area contributed by atoms with Crippen LogP contribution in [-0.4, -0.2) is 36.4 Å². The number of halogens is 1. The fraction of sp³-hybridized carbons (Fsp3) is 0.200. The average molecular weight is 417 g/mol. The highest BCUT2D eigenvalue weighted by atomic mass is 35.5. The van der Waals surface area contributed by atoms with Crippen molar-refractivity contribution in [3.8, 4) is 17.2 Å². The Morgan fingerprint density at radius 3 is 2.64 bits per heavy atom. The first-order chi connectivity index (χ1) is 13.6. The molecule has 1 saturated heterocycles. The van der Waals surface area contributed by atoms with E-state index in [9.17, 15) is 4.79 Å². The Labute approximate surface area is 171 Å². The Bertz CT molecular complexity index is 988. The van der Waals surface area contributed by atoms with Crippen molar-refractivity contribution in [1.82, 2.24) is 4.90 Å². The van der Waals surface area contributed by atoms with Crippen LogP contribution in [0.4, 0.5) is 5.69 Å². The van der Waals surface area contributed by atoms with Gasteiger partial charge >= 0.3 is 0 Å². The lowest BCUT2D eigenvalue weighted by Crippen LogP contribution is -2.28. The molecule has 2 heterocycles. The monoisotopic (exact) mass is 416 g/mol. The largest absolute Gasteiger partial charge is 0.497 e. The molecule has 1 amide bonds. The van der Waals surface area contributed by atoms with E-state index in [0.717, 1.165) is 11.4 Å². The van der Waals surface area contributed by atoms with Crippen LogP contribution in [0, 0.1) is 0 Å². The standard InChI is InChI=1S/C20H17ClN2O4S/c1-3-23-19(24)18(9-12-8-16-17(10-15(12)21)27-11-26-16)28-20(23)22-13-4-6-14(25-2)7-5-13/h4-10H,3,11H2,1-2H3/b18-9+,22-20?. The van der Waals surface area contributed by atoms with Gasteiger partial charge in [0.05, 0.1) is 22.7 Å². The van der Waals surface area contributed by atoms with Gasteiger partial charge in [0.15, 0.2) is 16.7 Å². The Morgan fingerprint density at radius 1 is 1.25 bits per heavy atom. The number of fused-ring (bicyclic) bond motifs is 1. The van der Waals surface area contributed by atoms with E-state index in [0.29, 0.717) is 38.7 Å². The number of rotatable bonds is 4. The maximum atomic E-state index is 12.8. The second-order valence-corrected chi connectivity index (χ2v) is 7.40. The predicted molar refractivity (Wildman–Crippen MR) is 111 cm³/mol. The zero-order valence-electron chi connectivity index (χ0n) is 15.3. The highest BCUT2D eigenvalue weighted by Gasteiger charge is 2.32. The van der Waals surface area contributed by atoms with Crippen molar-refractivity contribution < 1.29 is 19.0 Å². The summed E-state index contributed by atoms with van der Waals surface area (Å²) in [5.41, 5.74) is 1.44. The number of hydrogen-bond acceptors (Lipinski definition) is 6. The van der Waals surface area contributed by atoms with Crippen LogP contribution in [0.3, 0.4) is 0 Å². The van der Waals surface area contributed by atoms with Gasteiger partial charge in [-0.1, -0.05) is 11.6 Å². The second-order valence-electron chi connectivity index (χ2n) is 5.98. The van der Waals surface area contributed by atoms with E-state index in [4.69, 9.17) is 25.8 Å². The number of benzene rings is 2. The van der Waals surface area contributed by atoms with Crippen molar-refractivity contribution in [2.75, 3.05) is 20.4 Å². The Morgan fingerprint density at radius 2 is 1.96 bits per heavy atom. The van der Waals surface area contributed by atoms with E-state index in [2.05, 4.69) is 4.99 Å². The molecule has 0 radical (unpaired) electrons. The molecule has 0 aromatic heterocycles. The van der Waals surface area contributed by atoms with E-state index in [1.807, 2.05) is 31.2 Å². The molecule has 28 heavy (non-hydrogen) atoms. The SMILES string of the molecule is CCN1C(=O)/C(=C\c2cc3c(cc2Cl)OCO3)SC1=Nc1ccc(OC)cc1. The fourth-order valence-electron chi connectivity index (χ4n) is 2.82. The fourth-order valence-corrected chi connectivity index (χ4v) is 4.08. The minimum Gasteiger partial charge on any atom is -0.497 e. The van der Waals surface area contributed by atoms with Crippen LogP contribution in [0.2, 0.25) is 5.02 Å². The van der Waals surface area contributed by atoms with Gasteiger partial charge in [-0.15, -0.1) is 0 Å². The Balaban J connectivity index is 1.65. The van der Waals surface area contributed by atoms with Crippen LogP contribution < -0.4 is 14.2 Å². The molecular formula is C20H17ClN2O4S. The zero-order chi connectivity index (χ0) is 19.7. The molecule has 144 valence electrons. The molecule has 8 heteroatoms. The van der Waals surface area contributed by atoms with Gasteiger partial charge in [-0.2, -0.15) is 0 Å². The van der Waals surface area contributed by atoms with E-state index in [-0.39, 0.29) is 12.7 Å². The first kappa shape index (κ1) is 18.7. The minimum absolute atomic E-state index is 0.103. The second kappa shape index (κ2) is 7.77. The number of amides is 1. The molecular weight excluding hydrogens is 400 g/mol. The van der Waals surface area contributed by atoms with Crippen molar-refractivity contribution in [2.45, 2.75) is 6.92 Å². The van der Waals surface area contributed by atoms with Gasteiger partial charge in [-0.05, 0) is 60.7 Å². The van der Waals surface area contributed by atoms with Crippen LogP contribution in [-0.2, 0) is 4.79 Å². The minimum atomic E-state index is -0.103. The molecule has 0 bridgehead atoms. The number of aliphatic imine (C=N–C) groups is 1. The quantitative estimate of drug-likeness (QED) is 0.676. The van der Waals surface area contributed by atoms with E-state index >= 15 is 0 Å². The molecule has 6 nitrogen and oxygen atoms in total. The maximum absolute atomic E-state index is 12.8. The number of nitrogens with zero attached hydrogens (tertiary/aromatic N) is 2. The van der Waals surface area contributed by atoms with Crippen molar-refractivity contribution in [3.63, 3.8) is 0 Å². The van der Waals surface area contributed by atoms with Crippen molar-refractivity contribution in [3.05, 3.63) is 51.9 Å². The van der Waals surface area contributed by atoms with Gasteiger partial charge in [0.25, 0.3) is 5.91 Å². The zero-order valence-corrected chi connectivity index (χ0v) is 16.8. The van der Waals surface area contributed by atoms with Gasteiger partial charge in [0, 0.05) is 12.6 Å². The molecule has 4 rings (SSSR count). The van der Waals surface area contributed by atoms with Crippen molar-refractivity contribution in [1.29, 1.82) is 0 Å². The molecule has 0 unspecified atom stereocenters. The summed E-state index contributed by atoms with van der Waals surface area (Å²) in [6.07, 6.45) is 1.76. The number of likely N-dealkylation sites (N-methyl/N-ethyl adjacent to an activating group) is 1. The number of carbonyl (C=O) groups is 1. The van der Waals surface area contributed by atoms with E-state index in [1.165, 1.54) is 11.8 Å².